The van der Waals surface area contributed by atoms with Crippen LogP contribution in [-0.2, 0) is 16.0 Å². The molecular weight excluding hydrogens is 318 g/mol. The third kappa shape index (κ3) is 2.91. The summed E-state index contributed by atoms with van der Waals surface area (Å²) in [6.45, 7) is 5.48. The lowest BCUT2D eigenvalue weighted by molar-refractivity contribution is -0.139. The number of hydrogen-bond donors (Lipinski definition) is 1. The molecule has 1 aliphatic rings. The largest absolute Gasteiger partial charge is 0.377 e. The maximum atomic E-state index is 13.0. The molecule has 25 heavy (non-hydrogen) atoms. The van der Waals surface area contributed by atoms with E-state index >= 15 is 0 Å². The van der Waals surface area contributed by atoms with Gasteiger partial charge in [0.25, 0.3) is 0 Å². The molecule has 7 heteroatoms. The summed E-state index contributed by atoms with van der Waals surface area (Å²) in [5, 5.41) is 0. The third-order valence-corrected chi connectivity index (χ3v) is 4.63. The van der Waals surface area contributed by atoms with E-state index in [9.17, 15) is 4.79 Å². The number of hydrogen-bond acceptors (Lipinski definition) is 4. The fourth-order valence-electron chi connectivity index (χ4n) is 3.35. The van der Waals surface area contributed by atoms with Gasteiger partial charge in [0.1, 0.15) is 17.5 Å². The topological polar surface area (TPSA) is 75.5 Å². The molecule has 1 N–H and O–H groups in total. The highest BCUT2D eigenvalue weighted by Crippen LogP contribution is 2.23. The van der Waals surface area contributed by atoms with E-state index in [1.54, 1.807) is 6.20 Å². The summed E-state index contributed by atoms with van der Waals surface area (Å²) >= 11 is 0. The number of rotatable bonds is 3. The van der Waals surface area contributed by atoms with Crippen LogP contribution in [0.15, 0.2) is 30.6 Å². The number of aromatic amines is 1. The lowest BCUT2D eigenvalue weighted by Crippen LogP contribution is -2.44. The minimum atomic E-state index is -0.172. The first kappa shape index (κ1) is 15.8. The zero-order chi connectivity index (χ0) is 17.4. The Hall–Kier alpha value is -2.67. The number of aryl methyl sites for hydroxylation is 2. The molecule has 0 aromatic carbocycles. The summed E-state index contributed by atoms with van der Waals surface area (Å²) in [6.07, 6.45) is 4.04. The van der Waals surface area contributed by atoms with Crippen LogP contribution in [0, 0.1) is 13.8 Å². The molecule has 7 nitrogen and oxygen atoms in total. The van der Waals surface area contributed by atoms with Gasteiger partial charge in [-0.05, 0) is 26.0 Å². The number of H-pyrrole nitrogens is 1. The first-order valence-electron chi connectivity index (χ1n) is 8.45. The second-order valence-corrected chi connectivity index (χ2v) is 6.38. The number of aromatic nitrogens is 4. The molecule has 0 spiro atoms. The van der Waals surface area contributed by atoms with Crippen LogP contribution in [0.2, 0.25) is 0 Å². The van der Waals surface area contributed by atoms with E-state index < -0.39 is 0 Å². The highest BCUT2D eigenvalue weighted by molar-refractivity contribution is 5.79. The number of nitrogens with zero attached hydrogens (tertiary/aromatic N) is 4. The predicted octanol–water partition coefficient (Wildman–Crippen LogP) is 1.82. The quantitative estimate of drug-likeness (QED) is 0.790. The summed E-state index contributed by atoms with van der Waals surface area (Å²) in [5.41, 5.74) is 3.66. The van der Waals surface area contributed by atoms with Crippen LogP contribution in [-0.4, -0.2) is 49.9 Å². The van der Waals surface area contributed by atoms with Crippen molar-refractivity contribution in [3.8, 4) is 0 Å². The van der Waals surface area contributed by atoms with Crippen molar-refractivity contribution < 1.29 is 9.53 Å². The number of imidazole rings is 2. The number of fused-ring (bicyclic) bond motifs is 1. The zero-order valence-electron chi connectivity index (χ0n) is 14.4. The minimum Gasteiger partial charge on any atom is -0.377 e. The smallest absolute Gasteiger partial charge is 0.229 e. The minimum absolute atomic E-state index is 0.0658. The highest BCUT2D eigenvalue weighted by atomic mass is 16.5. The van der Waals surface area contributed by atoms with Crippen molar-refractivity contribution >= 4 is 11.6 Å². The first-order chi connectivity index (χ1) is 12.1. The van der Waals surface area contributed by atoms with E-state index in [0.29, 0.717) is 26.2 Å². The van der Waals surface area contributed by atoms with Crippen molar-refractivity contribution in [1.82, 2.24) is 24.3 Å². The number of pyridine rings is 1. The van der Waals surface area contributed by atoms with E-state index in [4.69, 9.17) is 4.74 Å². The molecule has 0 radical (unpaired) electrons. The van der Waals surface area contributed by atoms with E-state index in [-0.39, 0.29) is 11.9 Å². The fourth-order valence-corrected chi connectivity index (χ4v) is 3.35. The van der Waals surface area contributed by atoms with Gasteiger partial charge in [-0.15, -0.1) is 0 Å². The van der Waals surface area contributed by atoms with Gasteiger partial charge in [-0.3, -0.25) is 4.79 Å². The van der Waals surface area contributed by atoms with Crippen molar-refractivity contribution in [2.45, 2.75) is 26.3 Å². The van der Waals surface area contributed by atoms with Crippen LogP contribution < -0.4 is 0 Å². The molecular formula is C18H21N5O2. The Morgan fingerprint density at radius 3 is 3.08 bits per heavy atom. The van der Waals surface area contributed by atoms with Gasteiger partial charge in [-0.2, -0.15) is 0 Å². The summed E-state index contributed by atoms with van der Waals surface area (Å²) in [6, 6.07) is 5.68. The average molecular weight is 339 g/mol. The van der Waals surface area contributed by atoms with Crippen molar-refractivity contribution in [3.05, 3.63) is 53.5 Å². The molecule has 4 heterocycles. The summed E-state index contributed by atoms with van der Waals surface area (Å²) < 4.78 is 7.57. The molecule has 1 amide bonds. The SMILES string of the molecule is Cc1cnc([C@@H]2COCCN2C(=O)Cc2c(C)nc3ccccn23)[nH]1. The lowest BCUT2D eigenvalue weighted by Gasteiger charge is -2.34. The number of amides is 1. The van der Waals surface area contributed by atoms with Crippen LogP contribution in [0.5, 0.6) is 0 Å². The summed E-state index contributed by atoms with van der Waals surface area (Å²) in [7, 11) is 0. The maximum Gasteiger partial charge on any atom is 0.229 e. The number of nitrogens with one attached hydrogen (secondary N) is 1. The molecule has 0 unspecified atom stereocenters. The summed E-state index contributed by atoms with van der Waals surface area (Å²) in [5.74, 6) is 0.844. The van der Waals surface area contributed by atoms with Gasteiger partial charge in [0.15, 0.2) is 0 Å². The predicted molar refractivity (Wildman–Crippen MR) is 92.2 cm³/mol. The van der Waals surface area contributed by atoms with Crippen LogP contribution in [0.4, 0.5) is 0 Å². The van der Waals surface area contributed by atoms with Gasteiger partial charge in [0, 0.05) is 24.6 Å². The van der Waals surface area contributed by atoms with E-state index in [1.807, 2.05) is 47.5 Å². The normalized spacial score (nSPS) is 18.0. The molecule has 3 aromatic rings. The molecule has 4 rings (SSSR count). The second kappa shape index (κ2) is 6.33. The Bertz CT molecular complexity index is 913. The number of morpholine rings is 1. The van der Waals surface area contributed by atoms with Gasteiger partial charge in [0.2, 0.25) is 5.91 Å². The van der Waals surface area contributed by atoms with Crippen LogP contribution in [0.1, 0.15) is 28.9 Å². The Kier molecular flexibility index (Phi) is 4.01. The van der Waals surface area contributed by atoms with Crippen LogP contribution in [0.3, 0.4) is 0 Å². The molecule has 1 saturated heterocycles. The standard InChI is InChI=1S/C18H21N5O2/c1-12-10-19-18(20-12)15-11-25-8-7-23(15)17(24)9-14-13(2)21-16-5-3-4-6-22(14)16/h3-6,10,15H,7-9,11H2,1-2H3,(H,19,20)/t15-/m0/s1. The molecule has 1 fully saturated rings. The van der Waals surface area contributed by atoms with Gasteiger partial charge in [-0.25, -0.2) is 9.97 Å². The molecule has 130 valence electrons. The Morgan fingerprint density at radius 2 is 2.28 bits per heavy atom. The third-order valence-electron chi connectivity index (χ3n) is 4.63. The second-order valence-electron chi connectivity index (χ2n) is 6.38. The molecule has 3 aromatic heterocycles. The number of ether oxygens (including phenoxy) is 1. The molecule has 1 atom stereocenters. The van der Waals surface area contributed by atoms with Crippen molar-refractivity contribution in [2.75, 3.05) is 19.8 Å². The number of carbonyl (C=O) groups excluding carboxylic acids is 1. The zero-order valence-corrected chi connectivity index (χ0v) is 14.4. The van der Waals surface area contributed by atoms with Gasteiger partial charge < -0.3 is 19.0 Å². The van der Waals surface area contributed by atoms with Gasteiger partial charge in [-0.1, -0.05) is 6.07 Å². The highest BCUT2D eigenvalue weighted by Gasteiger charge is 2.31. The van der Waals surface area contributed by atoms with Crippen molar-refractivity contribution in [2.24, 2.45) is 0 Å². The molecule has 1 aliphatic heterocycles. The summed E-state index contributed by atoms with van der Waals surface area (Å²) in [4.78, 5) is 27.1. The molecule has 0 aliphatic carbocycles. The van der Waals surface area contributed by atoms with E-state index in [0.717, 1.165) is 28.6 Å². The first-order valence-corrected chi connectivity index (χ1v) is 8.45. The fraction of sp³-hybridized carbons (Fsp3) is 0.389. The Labute approximate surface area is 145 Å². The number of carbonyl (C=O) groups is 1. The lowest BCUT2D eigenvalue weighted by atomic mass is 10.1. The Morgan fingerprint density at radius 1 is 1.40 bits per heavy atom. The van der Waals surface area contributed by atoms with Crippen LogP contribution in [0.25, 0.3) is 5.65 Å². The monoisotopic (exact) mass is 339 g/mol. The molecule has 0 bridgehead atoms. The van der Waals surface area contributed by atoms with Crippen LogP contribution >= 0.6 is 0 Å². The van der Waals surface area contributed by atoms with E-state index in [2.05, 4.69) is 15.0 Å². The van der Waals surface area contributed by atoms with Gasteiger partial charge in [0.05, 0.1) is 31.0 Å². The molecule has 0 saturated carbocycles. The van der Waals surface area contributed by atoms with Crippen molar-refractivity contribution in [1.29, 1.82) is 0 Å². The Balaban J connectivity index is 1.61. The maximum absolute atomic E-state index is 13.0. The van der Waals surface area contributed by atoms with Gasteiger partial charge >= 0.3 is 0 Å². The van der Waals surface area contributed by atoms with Crippen molar-refractivity contribution in [3.63, 3.8) is 0 Å². The van der Waals surface area contributed by atoms with E-state index in [1.165, 1.54) is 0 Å². The average Bonchev–Trinajstić information content (AvgIpc) is 3.19.